The molecule has 0 radical (unpaired) electrons. The number of aliphatic hydroxyl groups is 1. The van der Waals surface area contributed by atoms with Crippen molar-refractivity contribution in [3.05, 3.63) is 29.0 Å². The molecule has 1 aromatic heterocycles. The third-order valence-electron chi connectivity index (χ3n) is 3.01. The Hall–Kier alpha value is -0.250. The second-order valence-corrected chi connectivity index (χ2v) is 5.87. The van der Waals surface area contributed by atoms with Crippen LogP contribution in [0.25, 0.3) is 0 Å². The Labute approximate surface area is 99.1 Å². The normalized spacial score (nSPS) is 30.7. The summed E-state index contributed by atoms with van der Waals surface area (Å²) in [7, 11) is 0. The highest BCUT2D eigenvalue weighted by Gasteiger charge is 2.39. The molecule has 1 N–H and O–H groups in total. The van der Waals surface area contributed by atoms with Gasteiger partial charge in [0, 0.05) is 24.1 Å². The van der Waals surface area contributed by atoms with E-state index in [0.717, 1.165) is 17.7 Å². The lowest BCUT2D eigenvalue weighted by Gasteiger charge is -2.27. The number of halogens is 1. The highest BCUT2D eigenvalue weighted by Crippen LogP contribution is 2.38. The van der Waals surface area contributed by atoms with Gasteiger partial charge >= 0.3 is 0 Å². The third kappa shape index (κ3) is 2.30. The van der Waals surface area contributed by atoms with E-state index in [-0.39, 0.29) is 5.25 Å². The van der Waals surface area contributed by atoms with Crippen LogP contribution >= 0.6 is 23.4 Å². The van der Waals surface area contributed by atoms with Gasteiger partial charge in [-0.05, 0) is 23.8 Å². The molecule has 0 saturated carbocycles. The molecule has 0 amide bonds. The Morgan fingerprint density at radius 2 is 2.53 bits per heavy atom. The van der Waals surface area contributed by atoms with Crippen LogP contribution in [-0.4, -0.2) is 26.7 Å². The number of hydrogen-bond acceptors (Lipinski definition) is 3. The minimum Gasteiger partial charge on any atom is -0.388 e. The maximum atomic E-state index is 10.4. The van der Waals surface area contributed by atoms with Gasteiger partial charge in [0.25, 0.3) is 0 Å². The summed E-state index contributed by atoms with van der Waals surface area (Å²) in [5.41, 5.74) is 0.388. The van der Waals surface area contributed by atoms with Crippen molar-refractivity contribution in [2.45, 2.75) is 30.6 Å². The molecule has 0 aromatic carbocycles. The molecule has 1 saturated heterocycles. The maximum Gasteiger partial charge on any atom is 0.0811 e. The van der Waals surface area contributed by atoms with E-state index in [1.54, 1.807) is 12.4 Å². The highest BCUT2D eigenvalue weighted by molar-refractivity contribution is 8.00. The predicted octanol–water partition coefficient (Wildman–Crippen LogP) is 2.53. The summed E-state index contributed by atoms with van der Waals surface area (Å²) < 4.78 is 0. The van der Waals surface area contributed by atoms with Crippen molar-refractivity contribution in [2.75, 3.05) is 5.75 Å². The van der Waals surface area contributed by atoms with E-state index in [1.807, 2.05) is 17.8 Å². The molecule has 2 atom stereocenters. The monoisotopic (exact) mass is 243 g/mol. The highest BCUT2D eigenvalue weighted by atomic mass is 35.5. The Bertz CT molecular complexity index is 360. The molecular formula is C11H14ClNOS. The molecular weight excluding hydrogens is 230 g/mol. The summed E-state index contributed by atoms with van der Waals surface area (Å²) in [4.78, 5) is 3.94. The van der Waals surface area contributed by atoms with E-state index in [2.05, 4.69) is 11.9 Å². The molecule has 15 heavy (non-hydrogen) atoms. The molecule has 82 valence electrons. The quantitative estimate of drug-likeness (QED) is 0.867. The standard InChI is InChI=1S/C11H14ClNOS/c1-8-11(14,3-5-15-8)6-9-2-4-13-7-10(9)12/h2,4,7-8,14H,3,5-6H2,1H3. The topological polar surface area (TPSA) is 33.1 Å². The van der Waals surface area contributed by atoms with Gasteiger partial charge in [-0.15, -0.1) is 0 Å². The number of nitrogens with zero attached hydrogens (tertiary/aromatic N) is 1. The summed E-state index contributed by atoms with van der Waals surface area (Å²) in [6.07, 6.45) is 4.82. The van der Waals surface area contributed by atoms with E-state index in [0.29, 0.717) is 11.4 Å². The van der Waals surface area contributed by atoms with Crippen LogP contribution in [0.2, 0.25) is 5.02 Å². The minimum atomic E-state index is -0.602. The van der Waals surface area contributed by atoms with Crippen molar-refractivity contribution < 1.29 is 5.11 Å². The summed E-state index contributed by atoms with van der Waals surface area (Å²) in [5, 5.41) is 11.4. The molecule has 2 heterocycles. The molecule has 0 spiro atoms. The Balaban J connectivity index is 2.18. The van der Waals surface area contributed by atoms with Gasteiger partial charge in [0.2, 0.25) is 0 Å². The largest absolute Gasteiger partial charge is 0.388 e. The lowest BCUT2D eigenvalue weighted by molar-refractivity contribution is 0.0464. The van der Waals surface area contributed by atoms with Gasteiger partial charge in [0.05, 0.1) is 10.6 Å². The number of aromatic nitrogens is 1. The maximum absolute atomic E-state index is 10.4. The molecule has 1 aliphatic rings. The Kier molecular flexibility index (Phi) is 3.24. The van der Waals surface area contributed by atoms with Crippen LogP contribution in [0.1, 0.15) is 18.9 Å². The van der Waals surface area contributed by atoms with Crippen LogP contribution in [0.5, 0.6) is 0 Å². The first-order valence-corrected chi connectivity index (χ1v) is 6.47. The molecule has 2 unspecified atom stereocenters. The van der Waals surface area contributed by atoms with Crippen LogP contribution in [0.15, 0.2) is 18.5 Å². The number of thioether (sulfide) groups is 1. The second kappa shape index (κ2) is 4.32. The summed E-state index contributed by atoms with van der Waals surface area (Å²) in [6, 6.07) is 1.88. The zero-order valence-corrected chi connectivity index (χ0v) is 10.2. The average Bonchev–Trinajstić information content (AvgIpc) is 2.51. The summed E-state index contributed by atoms with van der Waals surface area (Å²) in [5.74, 6) is 1.03. The molecule has 2 rings (SSSR count). The first-order chi connectivity index (χ1) is 7.12. The van der Waals surface area contributed by atoms with Gasteiger partial charge in [-0.2, -0.15) is 11.8 Å². The molecule has 0 bridgehead atoms. The molecule has 4 heteroatoms. The summed E-state index contributed by atoms with van der Waals surface area (Å²) >= 11 is 7.85. The third-order valence-corrected chi connectivity index (χ3v) is 4.73. The predicted molar refractivity (Wildman–Crippen MR) is 64.4 cm³/mol. The molecule has 1 fully saturated rings. The van der Waals surface area contributed by atoms with E-state index in [1.165, 1.54) is 0 Å². The van der Waals surface area contributed by atoms with Crippen molar-refractivity contribution in [3.8, 4) is 0 Å². The van der Waals surface area contributed by atoms with Crippen LogP contribution in [-0.2, 0) is 6.42 Å². The van der Waals surface area contributed by atoms with E-state index < -0.39 is 5.60 Å². The number of pyridine rings is 1. The number of hydrogen-bond donors (Lipinski definition) is 1. The van der Waals surface area contributed by atoms with Crippen molar-refractivity contribution in [2.24, 2.45) is 0 Å². The van der Waals surface area contributed by atoms with Crippen LogP contribution in [0.3, 0.4) is 0 Å². The van der Waals surface area contributed by atoms with Gasteiger partial charge in [-0.25, -0.2) is 0 Å². The van der Waals surface area contributed by atoms with Crippen LogP contribution in [0.4, 0.5) is 0 Å². The average molecular weight is 244 g/mol. The van der Waals surface area contributed by atoms with Crippen molar-refractivity contribution >= 4 is 23.4 Å². The Morgan fingerprint density at radius 1 is 1.73 bits per heavy atom. The van der Waals surface area contributed by atoms with Crippen molar-refractivity contribution in [1.82, 2.24) is 4.98 Å². The zero-order valence-electron chi connectivity index (χ0n) is 8.61. The summed E-state index contributed by atoms with van der Waals surface area (Å²) in [6.45, 7) is 2.08. The smallest absolute Gasteiger partial charge is 0.0811 e. The SMILES string of the molecule is CC1SCCC1(O)Cc1ccncc1Cl. The first-order valence-electron chi connectivity index (χ1n) is 5.04. The first kappa shape index (κ1) is 11.2. The number of rotatable bonds is 2. The van der Waals surface area contributed by atoms with Crippen molar-refractivity contribution in [1.29, 1.82) is 0 Å². The van der Waals surface area contributed by atoms with Gasteiger partial charge < -0.3 is 5.11 Å². The fraction of sp³-hybridized carbons (Fsp3) is 0.545. The lowest BCUT2D eigenvalue weighted by atomic mass is 9.90. The van der Waals surface area contributed by atoms with Gasteiger partial charge in [0.1, 0.15) is 0 Å². The van der Waals surface area contributed by atoms with Gasteiger partial charge in [-0.3, -0.25) is 4.98 Å². The molecule has 1 aromatic rings. The van der Waals surface area contributed by atoms with Crippen molar-refractivity contribution in [3.63, 3.8) is 0 Å². The molecule has 1 aliphatic heterocycles. The van der Waals surface area contributed by atoms with Gasteiger partial charge in [0.15, 0.2) is 0 Å². The lowest BCUT2D eigenvalue weighted by Crippen LogP contribution is -2.37. The Morgan fingerprint density at radius 3 is 3.13 bits per heavy atom. The van der Waals surface area contributed by atoms with Gasteiger partial charge in [-0.1, -0.05) is 18.5 Å². The van der Waals surface area contributed by atoms with E-state index in [9.17, 15) is 5.11 Å². The van der Waals surface area contributed by atoms with Crippen LogP contribution < -0.4 is 0 Å². The minimum absolute atomic E-state index is 0.279. The van der Waals surface area contributed by atoms with E-state index >= 15 is 0 Å². The molecule has 2 nitrogen and oxygen atoms in total. The zero-order chi connectivity index (χ0) is 10.9. The molecule has 0 aliphatic carbocycles. The fourth-order valence-electron chi connectivity index (χ4n) is 1.88. The second-order valence-electron chi connectivity index (χ2n) is 4.01. The van der Waals surface area contributed by atoms with Crippen LogP contribution in [0, 0.1) is 0 Å². The fourth-order valence-corrected chi connectivity index (χ4v) is 3.40. The van der Waals surface area contributed by atoms with E-state index in [4.69, 9.17) is 11.6 Å².